The third kappa shape index (κ3) is 3.84. The van der Waals surface area contributed by atoms with Crippen molar-refractivity contribution in [3.05, 3.63) is 63.2 Å². The summed E-state index contributed by atoms with van der Waals surface area (Å²) in [4.78, 5) is 21.3. The number of alkyl halides is 3. The molecule has 0 aliphatic carbocycles. The first-order chi connectivity index (χ1) is 11.6. The third-order valence-corrected chi connectivity index (χ3v) is 3.08. The van der Waals surface area contributed by atoms with Crippen molar-refractivity contribution < 1.29 is 27.6 Å². The molecule has 0 saturated heterocycles. The number of halogens is 3. The summed E-state index contributed by atoms with van der Waals surface area (Å²) in [6, 6.07) is 7.06. The van der Waals surface area contributed by atoms with E-state index in [-0.39, 0.29) is 11.5 Å². The number of carbonyl (C=O) groups excluding carboxylic acids is 1. The van der Waals surface area contributed by atoms with Gasteiger partial charge in [-0.1, -0.05) is 0 Å². The van der Waals surface area contributed by atoms with Crippen LogP contribution in [0.5, 0.6) is 11.5 Å². The van der Waals surface area contributed by atoms with E-state index < -0.39 is 39.4 Å². The van der Waals surface area contributed by atoms with Crippen molar-refractivity contribution in [3.8, 4) is 17.6 Å². The molecule has 2 aromatic carbocycles. The average molecular weight is 351 g/mol. The predicted octanol–water partition coefficient (Wildman–Crippen LogP) is 3.38. The number of carbonyl (C=O) groups is 1. The van der Waals surface area contributed by atoms with Gasteiger partial charge in [-0.05, 0) is 24.3 Å². The molecule has 0 saturated carbocycles. The van der Waals surface area contributed by atoms with Gasteiger partial charge in [0.25, 0.3) is 11.6 Å². The van der Waals surface area contributed by atoms with E-state index in [0.29, 0.717) is 6.07 Å². The summed E-state index contributed by atoms with van der Waals surface area (Å²) in [6.07, 6.45) is -4.70. The Morgan fingerprint density at radius 3 is 2.32 bits per heavy atom. The van der Waals surface area contributed by atoms with Crippen molar-refractivity contribution in [2.45, 2.75) is 6.18 Å². The molecule has 0 aliphatic rings. The van der Waals surface area contributed by atoms with Crippen LogP contribution in [-0.2, 0) is 6.18 Å². The number of primary amides is 1. The standard InChI is InChI=1S/C15H8F3N3O4/c16-15(17,18)12-3-1-9(5-8(12)7-19)25-10-2-4-13(21(23)24)11(6-10)14(20)22/h1-6H,(H2,20,22). The van der Waals surface area contributed by atoms with Gasteiger partial charge < -0.3 is 10.5 Å². The molecule has 1 amide bonds. The average Bonchev–Trinajstić information content (AvgIpc) is 2.53. The van der Waals surface area contributed by atoms with Gasteiger partial charge in [0.1, 0.15) is 17.1 Å². The fourth-order valence-electron chi connectivity index (χ4n) is 2.00. The number of nitro groups is 1. The van der Waals surface area contributed by atoms with Gasteiger partial charge in [-0.3, -0.25) is 14.9 Å². The van der Waals surface area contributed by atoms with E-state index in [4.69, 9.17) is 15.7 Å². The van der Waals surface area contributed by atoms with Crippen molar-refractivity contribution in [1.29, 1.82) is 5.26 Å². The second kappa shape index (κ2) is 6.48. The van der Waals surface area contributed by atoms with E-state index >= 15 is 0 Å². The Hall–Kier alpha value is -3.61. The maximum atomic E-state index is 12.7. The number of nitriles is 1. The molecule has 0 aliphatic heterocycles. The van der Waals surface area contributed by atoms with Crippen molar-refractivity contribution in [1.82, 2.24) is 0 Å². The first-order valence-electron chi connectivity index (χ1n) is 6.51. The summed E-state index contributed by atoms with van der Waals surface area (Å²) >= 11 is 0. The van der Waals surface area contributed by atoms with Crippen LogP contribution in [0, 0.1) is 21.4 Å². The van der Waals surface area contributed by atoms with Crippen LogP contribution in [0.3, 0.4) is 0 Å². The molecule has 2 aromatic rings. The van der Waals surface area contributed by atoms with Gasteiger partial charge >= 0.3 is 6.18 Å². The minimum Gasteiger partial charge on any atom is -0.457 e. The van der Waals surface area contributed by atoms with Crippen LogP contribution >= 0.6 is 0 Å². The van der Waals surface area contributed by atoms with Gasteiger partial charge in [0.2, 0.25) is 0 Å². The van der Waals surface area contributed by atoms with E-state index in [9.17, 15) is 28.1 Å². The van der Waals surface area contributed by atoms with Gasteiger partial charge in [-0.15, -0.1) is 0 Å². The number of nitrogens with zero attached hydrogens (tertiary/aromatic N) is 2. The summed E-state index contributed by atoms with van der Waals surface area (Å²) in [6.45, 7) is 0. The Morgan fingerprint density at radius 2 is 1.80 bits per heavy atom. The molecule has 2 rings (SSSR count). The van der Waals surface area contributed by atoms with Crippen LogP contribution in [0.4, 0.5) is 18.9 Å². The van der Waals surface area contributed by atoms with Gasteiger partial charge in [0.15, 0.2) is 0 Å². The normalized spacial score (nSPS) is 10.8. The number of nitrogens with two attached hydrogens (primary N) is 1. The lowest BCUT2D eigenvalue weighted by atomic mass is 10.1. The number of benzene rings is 2. The van der Waals surface area contributed by atoms with Crippen LogP contribution in [0.15, 0.2) is 36.4 Å². The van der Waals surface area contributed by atoms with Crippen molar-refractivity contribution >= 4 is 11.6 Å². The molecule has 0 unspecified atom stereocenters. The number of rotatable bonds is 4. The third-order valence-electron chi connectivity index (χ3n) is 3.08. The zero-order chi connectivity index (χ0) is 18.8. The molecule has 0 aromatic heterocycles. The topological polar surface area (TPSA) is 119 Å². The minimum absolute atomic E-state index is 0.0666. The van der Waals surface area contributed by atoms with Gasteiger partial charge in [0, 0.05) is 12.1 Å². The van der Waals surface area contributed by atoms with Gasteiger partial charge in [-0.25, -0.2) is 0 Å². The Bertz CT molecular complexity index is 904. The Balaban J connectivity index is 2.41. The molecule has 10 heteroatoms. The minimum atomic E-state index is -4.70. The quantitative estimate of drug-likeness (QED) is 0.669. The zero-order valence-electron chi connectivity index (χ0n) is 12.2. The highest BCUT2D eigenvalue weighted by Gasteiger charge is 2.33. The lowest BCUT2D eigenvalue weighted by Crippen LogP contribution is -2.13. The number of ether oxygens (including phenoxy) is 1. The van der Waals surface area contributed by atoms with E-state index in [2.05, 4.69) is 0 Å². The van der Waals surface area contributed by atoms with E-state index in [1.165, 1.54) is 6.07 Å². The lowest BCUT2D eigenvalue weighted by molar-refractivity contribution is -0.385. The fourth-order valence-corrected chi connectivity index (χ4v) is 2.00. The molecule has 7 nitrogen and oxygen atoms in total. The summed E-state index contributed by atoms with van der Waals surface area (Å²) in [5.41, 5.74) is 2.33. The molecule has 0 bridgehead atoms. The number of nitro benzene ring substituents is 1. The molecule has 128 valence electrons. The van der Waals surface area contributed by atoms with Crippen molar-refractivity contribution in [2.75, 3.05) is 0 Å². The molecule has 0 fully saturated rings. The van der Waals surface area contributed by atoms with E-state index in [1.807, 2.05) is 0 Å². The molecular weight excluding hydrogens is 343 g/mol. The van der Waals surface area contributed by atoms with Crippen LogP contribution in [0.2, 0.25) is 0 Å². The van der Waals surface area contributed by atoms with Gasteiger partial charge in [-0.2, -0.15) is 18.4 Å². The SMILES string of the molecule is N#Cc1cc(Oc2ccc([N+](=O)[O-])c(C(N)=O)c2)ccc1C(F)(F)F. The monoisotopic (exact) mass is 351 g/mol. The molecular formula is C15H8F3N3O4. The Labute approximate surface area is 138 Å². The molecule has 25 heavy (non-hydrogen) atoms. The molecule has 0 spiro atoms. The summed E-state index contributed by atoms with van der Waals surface area (Å²) in [7, 11) is 0. The number of hydrogen-bond acceptors (Lipinski definition) is 5. The maximum absolute atomic E-state index is 12.7. The number of amides is 1. The molecule has 0 atom stereocenters. The highest BCUT2D eigenvalue weighted by Crippen LogP contribution is 2.35. The molecule has 2 N–H and O–H groups in total. The van der Waals surface area contributed by atoms with Crippen LogP contribution in [0.25, 0.3) is 0 Å². The van der Waals surface area contributed by atoms with Gasteiger partial charge in [0.05, 0.1) is 22.1 Å². The second-order valence-corrected chi connectivity index (χ2v) is 4.72. The highest BCUT2D eigenvalue weighted by atomic mass is 19.4. The fraction of sp³-hybridized carbons (Fsp3) is 0.0667. The van der Waals surface area contributed by atoms with Crippen molar-refractivity contribution in [3.63, 3.8) is 0 Å². The Morgan fingerprint density at radius 1 is 1.20 bits per heavy atom. The smallest absolute Gasteiger partial charge is 0.417 e. The summed E-state index contributed by atoms with van der Waals surface area (Å²) < 4.78 is 43.5. The Kier molecular flexibility index (Phi) is 4.60. The predicted molar refractivity (Wildman–Crippen MR) is 77.8 cm³/mol. The second-order valence-electron chi connectivity index (χ2n) is 4.72. The van der Waals surface area contributed by atoms with E-state index in [0.717, 1.165) is 30.3 Å². The number of hydrogen-bond donors (Lipinski definition) is 1. The lowest BCUT2D eigenvalue weighted by Gasteiger charge is -2.11. The molecule has 0 heterocycles. The van der Waals surface area contributed by atoms with E-state index in [1.54, 1.807) is 0 Å². The first kappa shape index (κ1) is 17.7. The largest absolute Gasteiger partial charge is 0.457 e. The summed E-state index contributed by atoms with van der Waals surface area (Å²) in [5.74, 6) is -1.25. The maximum Gasteiger partial charge on any atom is 0.417 e. The molecule has 0 radical (unpaired) electrons. The van der Waals surface area contributed by atoms with Crippen molar-refractivity contribution in [2.24, 2.45) is 5.73 Å². The van der Waals surface area contributed by atoms with Crippen LogP contribution < -0.4 is 10.5 Å². The van der Waals surface area contributed by atoms with Crippen LogP contribution in [-0.4, -0.2) is 10.8 Å². The van der Waals surface area contributed by atoms with Crippen LogP contribution in [0.1, 0.15) is 21.5 Å². The highest BCUT2D eigenvalue weighted by molar-refractivity contribution is 5.97. The summed E-state index contributed by atoms with van der Waals surface area (Å²) in [5, 5.41) is 19.7. The first-order valence-corrected chi connectivity index (χ1v) is 6.51. The zero-order valence-corrected chi connectivity index (χ0v) is 12.2.